The smallest absolute Gasteiger partial charge is 0.306 e. The molecule has 0 spiro atoms. The monoisotopic (exact) mass is 304 g/mol. The van der Waals surface area contributed by atoms with Crippen LogP contribution in [0.1, 0.15) is 12.8 Å². The van der Waals surface area contributed by atoms with Crippen molar-refractivity contribution in [3.05, 3.63) is 42.5 Å². The number of hydrogen-bond acceptors (Lipinski definition) is 5. The Balaban J connectivity index is 1.53. The van der Waals surface area contributed by atoms with Gasteiger partial charge in [0.1, 0.15) is 24.6 Å². The van der Waals surface area contributed by atoms with Crippen molar-refractivity contribution >= 4 is 5.97 Å². The Hall–Kier alpha value is -1.85. The average Bonchev–Trinajstić information content (AvgIpc) is 2.99. The van der Waals surface area contributed by atoms with Crippen LogP contribution in [-0.2, 0) is 9.53 Å². The normalized spacial score (nSPS) is 32.0. The van der Waals surface area contributed by atoms with Gasteiger partial charge >= 0.3 is 5.97 Å². The third-order valence-corrected chi connectivity index (χ3v) is 4.29. The molecule has 1 aromatic carbocycles. The van der Waals surface area contributed by atoms with E-state index in [9.17, 15) is 15.0 Å². The van der Waals surface area contributed by atoms with Gasteiger partial charge in [0.05, 0.1) is 12.5 Å². The number of hydrogen-bond donors (Lipinski definition) is 2. The van der Waals surface area contributed by atoms with Gasteiger partial charge in [0.2, 0.25) is 0 Å². The summed E-state index contributed by atoms with van der Waals surface area (Å²) in [4.78, 5) is 11.3. The van der Waals surface area contributed by atoms with Gasteiger partial charge in [-0.3, -0.25) is 4.79 Å². The molecule has 118 valence electrons. The molecule has 1 aliphatic heterocycles. The molecule has 1 saturated carbocycles. The van der Waals surface area contributed by atoms with E-state index in [1.54, 1.807) is 12.2 Å². The lowest BCUT2D eigenvalue weighted by Gasteiger charge is -2.15. The standard InChI is InChI=1S/C17H20O5/c18-11(10-21-12-4-2-1-3-5-12)6-7-13-14-8-17(20)22-16(14)9-15(13)19/h1-7,11,13-16,18-19H,8-10H2/b7-6+. The summed E-state index contributed by atoms with van der Waals surface area (Å²) >= 11 is 0. The fourth-order valence-electron chi connectivity index (χ4n) is 3.20. The molecule has 1 aromatic rings. The molecule has 1 saturated heterocycles. The summed E-state index contributed by atoms with van der Waals surface area (Å²) in [6.45, 7) is 0.146. The van der Waals surface area contributed by atoms with Crippen molar-refractivity contribution in [3.8, 4) is 5.75 Å². The first-order chi connectivity index (χ1) is 10.6. The van der Waals surface area contributed by atoms with Gasteiger partial charge < -0.3 is 19.7 Å². The second-order valence-electron chi connectivity index (χ2n) is 5.85. The summed E-state index contributed by atoms with van der Waals surface area (Å²) in [6.07, 6.45) is 2.76. The van der Waals surface area contributed by atoms with Crippen LogP contribution < -0.4 is 4.74 Å². The Morgan fingerprint density at radius 3 is 2.91 bits per heavy atom. The van der Waals surface area contributed by atoms with E-state index in [1.807, 2.05) is 30.3 Å². The van der Waals surface area contributed by atoms with Gasteiger partial charge in [0.15, 0.2) is 0 Å². The molecule has 5 atom stereocenters. The molecule has 5 heteroatoms. The number of para-hydroxylation sites is 1. The number of aliphatic hydroxyl groups excluding tert-OH is 2. The van der Waals surface area contributed by atoms with Crippen molar-refractivity contribution in [2.24, 2.45) is 11.8 Å². The summed E-state index contributed by atoms with van der Waals surface area (Å²) in [5.41, 5.74) is 0. The molecule has 5 unspecified atom stereocenters. The maximum atomic E-state index is 11.3. The molecule has 2 aliphatic rings. The number of benzene rings is 1. The van der Waals surface area contributed by atoms with Crippen LogP contribution in [0, 0.1) is 11.8 Å². The second-order valence-corrected chi connectivity index (χ2v) is 5.85. The zero-order valence-electron chi connectivity index (χ0n) is 12.2. The van der Waals surface area contributed by atoms with Crippen molar-refractivity contribution in [1.29, 1.82) is 0 Å². The van der Waals surface area contributed by atoms with Gasteiger partial charge in [-0.1, -0.05) is 30.4 Å². The van der Waals surface area contributed by atoms with E-state index < -0.39 is 12.2 Å². The van der Waals surface area contributed by atoms with E-state index in [0.717, 1.165) is 0 Å². The lowest BCUT2D eigenvalue weighted by atomic mass is 9.91. The molecule has 2 N–H and O–H groups in total. The Labute approximate surface area is 129 Å². The molecule has 5 nitrogen and oxygen atoms in total. The fourth-order valence-corrected chi connectivity index (χ4v) is 3.20. The van der Waals surface area contributed by atoms with Crippen LogP contribution in [-0.4, -0.2) is 41.1 Å². The van der Waals surface area contributed by atoms with Gasteiger partial charge in [-0.15, -0.1) is 0 Å². The van der Waals surface area contributed by atoms with Crippen molar-refractivity contribution < 1.29 is 24.5 Å². The molecule has 0 aromatic heterocycles. The largest absolute Gasteiger partial charge is 0.491 e. The Bertz CT molecular complexity index is 541. The number of carbonyl (C=O) groups excluding carboxylic acids is 1. The summed E-state index contributed by atoms with van der Waals surface area (Å²) in [7, 11) is 0. The van der Waals surface area contributed by atoms with E-state index in [-0.39, 0.29) is 30.5 Å². The number of carbonyl (C=O) groups is 1. The van der Waals surface area contributed by atoms with E-state index in [0.29, 0.717) is 18.6 Å². The summed E-state index contributed by atoms with van der Waals surface area (Å²) < 4.78 is 10.6. The van der Waals surface area contributed by atoms with E-state index >= 15 is 0 Å². The predicted molar refractivity (Wildman–Crippen MR) is 79.2 cm³/mol. The van der Waals surface area contributed by atoms with Gasteiger partial charge in [-0.05, 0) is 12.1 Å². The number of rotatable bonds is 5. The van der Waals surface area contributed by atoms with Crippen molar-refractivity contribution in [2.75, 3.05) is 6.61 Å². The quantitative estimate of drug-likeness (QED) is 0.633. The zero-order chi connectivity index (χ0) is 15.5. The molecule has 22 heavy (non-hydrogen) atoms. The first-order valence-corrected chi connectivity index (χ1v) is 7.55. The zero-order valence-corrected chi connectivity index (χ0v) is 12.2. The number of fused-ring (bicyclic) bond motifs is 1. The molecular weight excluding hydrogens is 284 g/mol. The molecular formula is C17H20O5. The molecule has 1 aliphatic carbocycles. The Morgan fingerprint density at radius 1 is 1.36 bits per heavy atom. The molecule has 0 amide bonds. The second kappa shape index (κ2) is 6.50. The third-order valence-electron chi connectivity index (χ3n) is 4.29. The Morgan fingerprint density at radius 2 is 2.14 bits per heavy atom. The highest BCUT2D eigenvalue weighted by Gasteiger charge is 2.48. The highest BCUT2D eigenvalue weighted by molar-refractivity contribution is 5.72. The van der Waals surface area contributed by atoms with Crippen molar-refractivity contribution in [1.82, 2.24) is 0 Å². The van der Waals surface area contributed by atoms with Gasteiger partial charge in [-0.25, -0.2) is 0 Å². The van der Waals surface area contributed by atoms with Crippen LogP contribution in [0.5, 0.6) is 5.75 Å². The molecule has 0 radical (unpaired) electrons. The predicted octanol–water partition coefficient (Wildman–Crippen LogP) is 1.30. The van der Waals surface area contributed by atoms with E-state index in [2.05, 4.69) is 0 Å². The average molecular weight is 304 g/mol. The van der Waals surface area contributed by atoms with E-state index in [4.69, 9.17) is 9.47 Å². The topological polar surface area (TPSA) is 76.0 Å². The van der Waals surface area contributed by atoms with Crippen molar-refractivity contribution in [3.63, 3.8) is 0 Å². The maximum absolute atomic E-state index is 11.3. The van der Waals surface area contributed by atoms with Crippen LogP contribution in [0.4, 0.5) is 0 Å². The van der Waals surface area contributed by atoms with Gasteiger partial charge in [0, 0.05) is 18.3 Å². The minimum atomic E-state index is -0.760. The van der Waals surface area contributed by atoms with Crippen LogP contribution >= 0.6 is 0 Å². The Kier molecular flexibility index (Phi) is 4.45. The third kappa shape index (κ3) is 3.31. The van der Waals surface area contributed by atoms with E-state index in [1.165, 1.54) is 0 Å². The lowest BCUT2D eigenvalue weighted by molar-refractivity contribution is -0.141. The highest BCUT2D eigenvalue weighted by atomic mass is 16.6. The number of aliphatic hydroxyl groups is 2. The molecule has 2 fully saturated rings. The van der Waals surface area contributed by atoms with Crippen LogP contribution in [0.15, 0.2) is 42.5 Å². The number of esters is 1. The SMILES string of the molecule is O=C1CC2C(CC(O)C2/C=C/C(O)COc2ccccc2)O1. The number of ether oxygens (including phenoxy) is 2. The van der Waals surface area contributed by atoms with Crippen LogP contribution in [0.25, 0.3) is 0 Å². The van der Waals surface area contributed by atoms with Gasteiger partial charge in [-0.2, -0.15) is 0 Å². The summed E-state index contributed by atoms with van der Waals surface area (Å²) in [5, 5.41) is 20.0. The first kappa shape index (κ1) is 15.1. The fraction of sp³-hybridized carbons (Fsp3) is 0.471. The summed E-state index contributed by atoms with van der Waals surface area (Å²) in [5.74, 6) is 0.364. The molecule has 0 bridgehead atoms. The molecule has 1 heterocycles. The first-order valence-electron chi connectivity index (χ1n) is 7.55. The van der Waals surface area contributed by atoms with Gasteiger partial charge in [0.25, 0.3) is 0 Å². The highest BCUT2D eigenvalue weighted by Crippen LogP contribution is 2.42. The lowest BCUT2D eigenvalue weighted by Crippen LogP contribution is -2.20. The molecule has 3 rings (SSSR count). The minimum absolute atomic E-state index is 0.0148. The summed E-state index contributed by atoms with van der Waals surface area (Å²) in [6, 6.07) is 9.27. The maximum Gasteiger partial charge on any atom is 0.306 e. The van der Waals surface area contributed by atoms with Crippen LogP contribution in [0.2, 0.25) is 0 Å². The minimum Gasteiger partial charge on any atom is -0.491 e. The van der Waals surface area contributed by atoms with Crippen molar-refractivity contribution in [2.45, 2.75) is 31.2 Å². The van der Waals surface area contributed by atoms with Crippen LogP contribution in [0.3, 0.4) is 0 Å².